The molecule has 0 radical (unpaired) electrons. The van der Waals surface area contributed by atoms with E-state index in [1.54, 1.807) is 37.1 Å². The summed E-state index contributed by atoms with van der Waals surface area (Å²) in [7, 11) is 0. The molecule has 0 atom stereocenters. The largest absolute Gasteiger partial charge is 0.439 e. The molecule has 0 saturated heterocycles. The van der Waals surface area contributed by atoms with Gasteiger partial charge in [-0.1, -0.05) is 84.7 Å². The fourth-order valence-corrected chi connectivity index (χ4v) is 8.80. The highest BCUT2D eigenvalue weighted by Crippen LogP contribution is 2.28. The van der Waals surface area contributed by atoms with Crippen LogP contribution in [0.4, 0.5) is 0 Å². The Bertz CT molecular complexity index is 781. The summed E-state index contributed by atoms with van der Waals surface area (Å²) in [6.07, 6.45) is 25.9. The fourth-order valence-electron chi connectivity index (χ4n) is 4.54. The Hall–Kier alpha value is -0.548. The van der Waals surface area contributed by atoms with Gasteiger partial charge in [-0.25, -0.2) is 0 Å². The minimum Gasteiger partial charge on any atom is -0.179 e. The first kappa shape index (κ1) is 22.1. The molecular weight excluding hydrogens is 361 g/mol. The van der Waals surface area contributed by atoms with Crippen molar-refractivity contribution in [3.63, 3.8) is 0 Å². The Morgan fingerprint density at radius 3 is 1.29 bits per heavy atom. The normalized spacial score (nSPS) is 19.9. The predicted octanol–water partition coefficient (Wildman–Crippen LogP) is 7.10. The second-order valence-corrected chi connectivity index (χ2v) is 12.4. The highest BCUT2D eigenvalue weighted by atomic mass is 24.5. The monoisotopic (exact) mass is 392 g/mol. The highest BCUT2D eigenvalue weighted by Gasteiger charge is 2.16. The quantitative estimate of drug-likeness (QED) is 0.423. The average molecular weight is 393 g/mol. The first-order valence-corrected chi connectivity index (χ1v) is 13.9. The molecule has 0 aromatic carbocycles. The van der Waals surface area contributed by atoms with Crippen LogP contribution >= 0.6 is 0 Å². The Morgan fingerprint density at radius 2 is 0.929 bits per heavy atom. The van der Waals surface area contributed by atoms with E-state index in [4.69, 9.17) is 0 Å². The number of rotatable bonds is 6. The van der Waals surface area contributed by atoms with Crippen LogP contribution in [0.5, 0.6) is 0 Å². The lowest BCUT2D eigenvalue weighted by atomic mass is 10.2. The molecule has 28 heavy (non-hydrogen) atoms. The minimum atomic E-state index is -0.118. The molecule has 0 aromatic rings. The zero-order valence-corrected chi connectivity index (χ0v) is 21.1. The Balaban J connectivity index is 0.000000162. The van der Waals surface area contributed by atoms with Gasteiger partial charge in [0, 0.05) is 0 Å². The maximum Gasteiger partial charge on any atom is 0.439 e. The lowest BCUT2D eigenvalue weighted by molar-refractivity contribution is 1.13. The van der Waals surface area contributed by atoms with Crippen LogP contribution in [0.15, 0.2) is 85.7 Å². The first-order chi connectivity index (χ1) is 13.6. The van der Waals surface area contributed by atoms with Gasteiger partial charge < -0.3 is 0 Å². The van der Waals surface area contributed by atoms with E-state index in [2.05, 4.69) is 76.3 Å². The summed E-state index contributed by atoms with van der Waals surface area (Å²) in [6.45, 7) is 9.07. The van der Waals surface area contributed by atoms with Gasteiger partial charge >= 0.3 is 40.7 Å². The minimum absolute atomic E-state index is 0.0965. The summed E-state index contributed by atoms with van der Waals surface area (Å²) < 4.78 is 7.08. The van der Waals surface area contributed by atoms with Crippen molar-refractivity contribution in [3.05, 3.63) is 85.7 Å². The third kappa shape index (κ3) is 5.75. The third-order valence-corrected chi connectivity index (χ3v) is 11.4. The molecular formula is C26H32Mg2. The van der Waals surface area contributed by atoms with Gasteiger partial charge in [-0.2, -0.15) is 14.8 Å². The van der Waals surface area contributed by atoms with Crippen molar-refractivity contribution in [2.45, 2.75) is 66.2 Å². The summed E-state index contributed by atoms with van der Waals surface area (Å²) >= 11 is -0.215. The lowest BCUT2D eigenvalue weighted by Crippen LogP contribution is -2.02. The SMILES string of the molecule is CC1=[C]([Mg][C]2=C(C)C=CC2)CC=C1.CCC1=[C]([Mg][C]2=C(CC)C=CC2)CC=C1. The van der Waals surface area contributed by atoms with E-state index in [1.165, 1.54) is 38.5 Å². The van der Waals surface area contributed by atoms with Crippen LogP contribution in [0.3, 0.4) is 0 Å². The van der Waals surface area contributed by atoms with Crippen molar-refractivity contribution < 1.29 is 0 Å². The Morgan fingerprint density at radius 1 is 0.571 bits per heavy atom. The molecule has 4 aliphatic rings. The zero-order chi connectivity index (χ0) is 19.9. The Kier molecular flexibility index (Phi) is 8.71. The summed E-state index contributed by atoms with van der Waals surface area (Å²) in [5.74, 6) is 0. The summed E-state index contributed by atoms with van der Waals surface area (Å²) in [5, 5.41) is 0. The molecule has 4 rings (SSSR count). The fraction of sp³-hybridized carbons (Fsp3) is 0.385. The van der Waals surface area contributed by atoms with E-state index in [0.29, 0.717) is 0 Å². The second kappa shape index (κ2) is 11.0. The van der Waals surface area contributed by atoms with Gasteiger partial charge in [-0.15, -0.1) is 0 Å². The standard InChI is InChI=1S/2C7H9.2C6H7.2Mg/c2*1-2-7-5-3-4-6-7;2*1-6-4-2-3-5-6;;/h2*3,5H,2,4H2,1H3;2*2,4H,3H2,1H3;;. The van der Waals surface area contributed by atoms with E-state index < -0.39 is 0 Å². The number of allylic oxidation sites excluding steroid dienone is 16. The molecule has 0 aromatic heterocycles. The summed E-state index contributed by atoms with van der Waals surface area (Å²) in [5.41, 5.74) is 6.35. The van der Waals surface area contributed by atoms with Crippen LogP contribution < -0.4 is 0 Å². The van der Waals surface area contributed by atoms with E-state index in [-0.39, 0.29) is 40.7 Å². The number of hydrogen-bond acceptors (Lipinski definition) is 0. The zero-order valence-electron chi connectivity index (χ0n) is 18.3. The molecule has 2 heteroatoms. The van der Waals surface area contributed by atoms with Crippen LogP contribution in [-0.4, -0.2) is 40.7 Å². The molecule has 0 heterocycles. The van der Waals surface area contributed by atoms with E-state index in [9.17, 15) is 0 Å². The highest BCUT2D eigenvalue weighted by molar-refractivity contribution is 6.55. The van der Waals surface area contributed by atoms with Gasteiger partial charge in [-0.05, 0) is 52.4 Å². The lowest BCUT2D eigenvalue weighted by Gasteiger charge is -2.08. The first-order valence-electron chi connectivity index (χ1n) is 11.1. The van der Waals surface area contributed by atoms with Crippen LogP contribution in [0.25, 0.3) is 0 Å². The van der Waals surface area contributed by atoms with Crippen molar-refractivity contribution in [1.82, 2.24) is 0 Å². The molecule has 0 N–H and O–H groups in total. The average Bonchev–Trinajstić information content (AvgIpc) is 3.48. The molecule has 0 unspecified atom stereocenters. The van der Waals surface area contributed by atoms with Gasteiger partial charge in [0.05, 0.1) is 0 Å². The number of hydrogen-bond donors (Lipinski definition) is 0. The van der Waals surface area contributed by atoms with Crippen LogP contribution in [0.2, 0.25) is 0 Å². The summed E-state index contributed by atoms with van der Waals surface area (Å²) in [4.78, 5) is 0. The van der Waals surface area contributed by atoms with E-state index >= 15 is 0 Å². The topological polar surface area (TPSA) is 0 Å². The van der Waals surface area contributed by atoms with Gasteiger partial charge in [0.2, 0.25) is 0 Å². The van der Waals surface area contributed by atoms with Gasteiger partial charge in [0.15, 0.2) is 0 Å². The molecule has 0 amide bonds. The van der Waals surface area contributed by atoms with Gasteiger partial charge in [0.25, 0.3) is 0 Å². The van der Waals surface area contributed by atoms with Crippen molar-refractivity contribution in [2.24, 2.45) is 0 Å². The van der Waals surface area contributed by atoms with Gasteiger partial charge in [-0.3, -0.25) is 0 Å². The molecule has 0 nitrogen and oxygen atoms in total. The van der Waals surface area contributed by atoms with Crippen molar-refractivity contribution in [3.8, 4) is 0 Å². The van der Waals surface area contributed by atoms with Crippen molar-refractivity contribution in [2.75, 3.05) is 0 Å². The van der Waals surface area contributed by atoms with E-state index in [1.807, 2.05) is 0 Å². The van der Waals surface area contributed by atoms with Crippen LogP contribution in [-0.2, 0) is 0 Å². The molecule has 0 fully saturated rings. The van der Waals surface area contributed by atoms with Crippen LogP contribution in [0.1, 0.15) is 66.2 Å². The predicted molar refractivity (Wildman–Crippen MR) is 127 cm³/mol. The third-order valence-electron chi connectivity index (χ3n) is 6.47. The molecule has 4 aliphatic carbocycles. The van der Waals surface area contributed by atoms with Crippen molar-refractivity contribution in [1.29, 1.82) is 0 Å². The Labute approximate surface area is 191 Å². The maximum absolute atomic E-state index is 2.34. The molecule has 0 spiro atoms. The van der Waals surface area contributed by atoms with E-state index in [0.717, 1.165) is 0 Å². The smallest absolute Gasteiger partial charge is 0.179 e. The molecule has 0 bridgehead atoms. The van der Waals surface area contributed by atoms with Crippen molar-refractivity contribution >= 4 is 40.7 Å². The van der Waals surface area contributed by atoms with Crippen LogP contribution in [0, 0.1) is 0 Å². The maximum atomic E-state index is 2.34. The summed E-state index contributed by atoms with van der Waals surface area (Å²) in [6, 6.07) is 0. The molecule has 0 aliphatic heterocycles. The molecule has 0 saturated carbocycles. The van der Waals surface area contributed by atoms with Gasteiger partial charge in [0.1, 0.15) is 0 Å². The second-order valence-electron chi connectivity index (χ2n) is 8.32. The molecule has 140 valence electrons.